The van der Waals surface area contributed by atoms with Gasteiger partial charge in [0.15, 0.2) is 16.6 Å². The van der Waals surface area contributed by atoms with Gasteiger partial charge in [-0.15, -0.1) is 0 Å². The fourth-order valence-corrected chi connectivity index (χ4v) is 10.7. The maximum absolute atomic E-state index is 6.40. The summed E-state index contributed by atoms with van der Waals surface area (Å²) >= 11 is 0. The first-order valence-corrected chi connectivity index (χ1v) is 16.0. The summed E-state index contributed by atoms with van der Waals surface area (Å²) in [6.07, 6.45) is 9.15. The van der Waals surface area contributed by atoms with Crippen LogP contribution in [0.1, 0.15) is 19.3 Å². The molecule has 0 spiro atoms. The Balaban J connectivity index is 2.03. The molecule has 0 saturated heterocycles. The lowest BCUT2D eigenvalue weighted by atomic mass is 10.1. The third-order valence-electron chi connectivity index (χ3n) is 3.95. The summed E-state index contributed by atoms with van der Waals surface area (Å²) in [6.45, 7) is 13.7. The van der Waals surface area contributed by atoms with E-state index in [1.807, 2.05) is 0 Å². The number of hydrogen-bond donors (Lipinski definition) is 0. The van der Waals surface area contributed by atoms with Gasteiger partial charge in [-0.25, -0.2) is 0 Å². The predicted octanol–water partition coefficient (Wildman–Crippen LogP) is 3.67. The van der Waals surface area contributed by atoms with E-state index in [1.165, 1.54) is 19.3 Å². The van der Waals surface area contributed by atoms with E-state index < -0.39 is 16.6 Å². The van der Waals surface area contributed by atoms with Crippen molar-refractivity contribution in [2.24, 2.45) is 5.92 Å². The van der Waals surface area contributed by atoms with Crippen molar-refractivity contribution in [2.75, 3.05) is 0 Å². The maximum Gasteiger partial charge on any atom is 0.186 e. The van der Waals surface area contributed by atoms with Gasteiger partial charge in [-0.05, 0) is 69.5 Å². The molecule has 110 valence electrons. The highest BCUT2D eigenvalue weighted by Crippen LogP contribution is 2.54. The first kappa shape index (κ1) is 15.7. The first-order chi connectivity index (χ1) is 8.57. The molecule has 0 N–H and O–H groups in total. The lowest BCUT2D eigenvalue weighted by Crippen LogP contribution is -2.45. The van der Waals surface area contributed by atoms with Crippen LogP contribution in [0.15, 0.2) is 12.2 Å². The molecule has 0 heterocycles. The molecule has 1 saturated carbocycles. The van der Waals surface area contributed by atoms with Crippen molar-refractivity contribution in [1.29, 1.82) is 0 Å². The van der Waals surface area contributed by atoms with E-state index in [9.17, 15) is 0 Å². The van der Waals surface area contributed by atoms with Crippen molar-refractivity contribution in [3.63, 3.8) is 0 Å². The molecular weight excluding hydrogens is 284 g/mol. The van der Waals surface area contributed by atoms with E-state index in [0.717, 1.165) is 5.92 Å². The third kappa shape index (κ3) is 4.67. The van der Waals surface area contributed by atoms with Crippen molar-refractivity contribution < 1.29 is 8.85 Å². The van der Waals surface area contributed by atoms with Crippen LogP contribution in [0.2, 0.25) is 44.3 Å². The second-order valence-electron chi connectivity index (χ2n) is 8.32. The van der Waals surface area contributed by atoms with Gasteiger partial charge in [0.1, 0.15) is 5.91 Å². The van der Waals surface area contributed by atoms with E-state index in [2.05, 4.69) is 51.4 Å². The van der Waals surface area contributed by atoms with Crippen LogP contribution in [0.4, 0.5) is 0 Å². The smallest absolute Gasteiger partial charge is 0.186 e. The van der Waals surface area contributed by atoms with E-state index in [1.54, 1.807) is 0 Å². The van der Waals surface area contributed by atoms with Gasteiger partial charge in [-0.3, -0.25) is 0 Å². The number of rotatable bonds is 6. The molecule has 5 heteroatoms. The molecule has 2 aliphatic rings. The third-order valence-corrected chi connectivity index (χ3v) is 8.91. The summed E-state index contributed by atoms with van der Waals surface area (Å²) in [4.78, 5) is 0. The fraction of sp³-hybridized carbons (Fsp3) is 0.857. The Bertz CT molecular complexity index is 341. The molecule has 2 aliphatic carbocycles. The van der Waals surface area contributed by atoms with Crippen LogP contribution in [-0.4, -0.2) is 32.1 Å². The average molecular weight is 315 g/mol. The van der Waals surface area contributed by atoms with Gasteiger partial charge in [0.2, 0.25) is 0 Å². The maximum atomic E-state index is 6.40. The summed E-state index contributed by atoms with van der Waals surface area (Å²) in [5, 5.41) is 0.522. The van der Waals surface area contributed by atoms with E-state index >= 15 is 0 Å². The van der Waals surface area contributed by atoms with Gasteiger partial charge in [-0.1, -0.05) is 12.2 Å². The summed E-state index contributed by atoms with van der Waals surface area (Å²) in [5.41, 5.74) is 0. The molecule has 2 rings (SSSR count). The van der Waals surface area contributed by atoms with Crippen LogP contribution < -0.4 is 0 Å². The highest BCUT2D eigenvalue weighted by Gasteiger charge is 2.44. The van der Waals surface area contributed by atoms with Crippen LogP contribution >= 0.6 is 0 Å². The Hall–Kier alpha value is 0.311. The highest BCUT2D eigenvalue weighted by molar-refractivity contribution is 6.71. The van der Waals surface area contributed by atoms with Crippen molar-refractivity contribution in [1.82, 2.24) is 0 Å². The Morgan fingerprint density at radius 3 is 2.00 bits per heavy atom. The zero-order chi connectivity index (χ0) is 14.3. The van der Waals surface area contributed by atoms with Crippen molar-refractivity contribution in [2.45, 2.75) is 69.5 Å². The zero-order valence-electron chi connectivity index (χ0n) is 13.5. The minimum Gasteiger partial charge on any atom is -0.398 e. The highest BCUT2D eigenvalue weighted by atomic mass is 28.4. The van der Waals surface area contributed by atoms with Gasteiger partial charge >= 0.3 is 0 Å². The normalized spacial score (nSPS) is 31.2. The average Bonchev–Trinajstić information content (AvgIpc) is 2.70. The van der Waals surface area contributed by atoms with Crippen molar-refractivity contribution in [3.05, 3.63) is 12.2 Å². The number of hydrogen-bond acceptors (Lipinski definition) is 2. The van der Waals surface area contributed by atoms with E-state index in [-0.39, 0.29) is 15.4 Å². The SMILES string of the molecule is C[Si](C)(C)OC(O[Si](C)(C)C)[SiH2]C12C=CC(CC1)C2. The molecule has 2 bridgehead atoms. The molecule has 2 nitrogen and oxygen atoms in total. The van der Waals surface area contributed by atoms with Crippen molar-refractivity contribution in [3.8, 4) is 0 Å². The standard InChI is InChI=1S/C14H30O2Si3/c1-18(2,3)15-13(16-19(4,5)6)17-14-9-7-12(11-14)8-10-14/h7,9,12-13H,8,10-11,17H2,1-6H3. The quantitative estimate of drug-likeness (QED) is 0.423. The molecule has 1 fully saturated rings. The summed E-state index contributed by atoms with van der Waals surface area (Å²) < 4.78 is 12.8. The van der Waals surface area contributed by atoms with E-state index in [0.29, 0.717) is 5.04 Å². The molecule has 0 aromatic carbocycles. The number of fused-ring (bicyclic) bond motifs is 2. The van der Waals surface area contributed by atoms with Crippen molar-refractivity contribution >= 4 is 26.2 Å². The Morgan fingerprint density at radius 2 is 1.68 bits per heavy atom. The Morgan fingerprint density at radius 1 is 1.11 bits per heavy atom. The molecule has 2 unspecified atom stereocenters. The molecule has 0 radical (unpaired) electrons. The minimum atomic E-state index is -1.52. The zero-order valence-corrected chi connectivity index (χ0v) is 16.9. The molecule has 19 heavy (non-hydrogen) atoms. The predicted molar refractivity (Wildman–Crippen MR) is 90.4 cm³/mol. The van der Waals surface area contributed by atoms with Crippen LogP contribution in [0, 0.1) is 5.92 Å². The van der Waals surface area contributed by atoms with Crippen LogP contribution in [0.3, 0.4) is 0 Å². The molecule has 0 amide bonds. The number of allylic oxidation sites excluding steroid dienone is 2. The van der Waals surface area contributed by atoms with Gasteiger partial charge in [-0.2, -0.15) is 0 Å². The lowest BCUT2D eigenvalue weighted by molar-refractivity contribution is 0.0584. The molecule has 2 atom stereocenters. The Kier molecular flexibility index (Phi) is 4.34. The largest absolute Gasteiger partial charge is 0.398 e. The minimum absolute atomic E-state index is 0.153. The van der Waals surface area contributed by atoms with Crippen LogP contribution in [-0.2, 0) is 8.85 Å². The molecular formula is C14H30O2Si3. The molecule has 0 aromatic rings. The monoisotopic (exact) mass is 314 g/mol. The fourth-order valence-electron chi connectivity index (χ4n) is 3.34. The topological polar surface area (TPSA) is 18.5 Å². The second kappa shape index (κ2) is 5.26. The summed E-state index contributed by atoms with van der Waals surface area (Å²) in [5.74, 6) is 1.02. The molecule has 0 aromatic heterocycles. The van der Waals surface area contributed by atoms with Crippen LogP contribution in [0.25, 0.3) is 0 Å². The second-order valence-corrected chi connectivity index (χ2v) is 19.7. The van der Waals surface area contributed by atoms with Crippen LogP contribution in [0.5, 0.6) is 0 Å². The lowest BCUT2D eigenvalue weighted by Gasteiger charge is -2.36. The van der Waals surface area contributed by atoms with Gasteiger partial charge in [0, 0.05) is 0 Å². The van der Waals surface area contributed by atoms with Gasteiger partial charge in [0.25, 0.3) is 0 Å². The summed E-state index contributed by atoms with van der Waals surface area (Å²) in [7, 11) is -3.42. The Labute approximate surface area is 123 Å². The molecule has 0 aliphatic heterocycles. The first-order valence-electron chi connectivity index (χ1n) is 7.62. The van der Waals surface area contributed by atoms with E-state index in [4.69, 9.17) is 8.85 Å². The van der Waals surface area contributed by atoms with Gasteiger partial charge < -0.3 is 8.85 Å². The van der Waals surface area contributed by atoms with Gasteiger partial charge in [0.05, 0.1) is 9.52 Å². The summed E-state index contributed by atoms with van der Waals surface area (Å²) in [6, 6.07) is 0.